The van der Waals surface area contributed by atoms with Crippen molar-refractivity contribution in [2.45, 2.75) is 27.2 Å². The SMILES string of the molecule is CCOc1cc(C#N)cc(Br)c1OC(=O)Cc1ccc(C)c(C)c1. The zero-order valence-electron chi connectivity index (χ0n) is 13.9. The third kappa shape index (κ3) is 4.36. The predicted octanol–water partition coefficient (Wildman–Crippen LogP) is 4.48. The lowest BCUT2D eigenvalue weighted by molar-refractivity contribution is -0.133. The van der Waals surface area contributed by atoms with Gasteiger partial charge in [-0.3, -0.25) is 4.79 Å². The van der Waals surface area contributed by atoms with Gasteiger partial charge in [0.25, 0.3) is 0 Å². The van der Waals surface area contributed by atoms with Crippen LogP contribution in [0.3, 0.4) is 0 Å². The van der Waals surface area contributed by atoms with Crippen molar-refractivity contribution in [1.29, 1.82) is 5.26 Å². The van der Waals surface area contributed by atoms with Gasteiger partial charge in [0.05, 0.1) is 29.1 Å². The van der Waals surface area contributed by atoms with Crippen LogP contribution in [0.2, 0.25) is 0 Å². The molecule has 0 amide bonds. The second-order valence-corrected chi connectivity index (χ2v) is 6.25. The monoisotopic (exact) mass is 387 g/mol. The second kappa shape index (κ2) is 7.98. The number of esters is 1. The van der Waals surface area contributed by atoms with Crippen molar-refractivity contribution in [3.05, 3.63) is 57.1 Å². The second-order valence-electron chi connectivity index (χ2n) is 5.40. The molecule has 0 saturated carbocycles. The van der Waals surface area contributed by atoms with Gasteiger partial charge < -0.3 is 9.47 Å². The van der Waals surface area contributed by atoms with Crippen LogP contribution in [0.25, 0.3) is 0 Å². The van der Waals surface area contributed by atoms with Crippen LogP contribution in [0.4, 0.5) is 0 Å². The Morgan fingerprint density at radius 3 is 2.58 bits per heavy atom. The number of nitrogens with zero attached hydrogens (tertiary/aromatic N) is 1. The number of ether oxygens (including phenoxy) is 2. The quantitative estimate of drug-likeness (QED) is 0.560. The molecule has 0 radical (unpaired) electrons. The number of nitriles is 1. The molecule has 0 aliphatic rings. The largest absolute Gasteiger partial charge is 0.490 e. The van der Waals surface area contributed by atoms with Gasteiger partial charge in [-0.25, -0.2) is 0 Å². The Labute approximate surface area is 150 Å². The van der Waals surface area contributed by atoms with Crippen LogP contribution < -0.4 is 9.47 Å². The Hall–Kier alpha value is -2.32. The van der Waals surface area contributed by atoms with Crippen LogP contribution in [0.15, 0.2) is 34.8 Å². The van der Waals surface area contributed by atoms with E-state index in [2.05, 4.69) is 15.9 Å². The summed E-state index contributed by atoms with van der Waals surface area (Å²) in [6.07, 6.45) is 0.166. The minimum absolute atomic E-state index is 0.166. The van der Waals surface area contributed by atoms with Crippen molar-refractivity contribution in [2.24, 2.45) is 0 Å². The molecule has 4 nitrogen and oxygen atoms in total. The lowest BCUT2D eigenvalue weighted by Gasteiger charge is -2.13. The molecular formula is C19H18BrNO3. The topological polar surface area (TPSA) is 59.3 Å². The van der Waals surface area contributed by atoms with E-state index in [4.69, 9.17) is 14.7 Å². The maximum absolute atomic E-state index is 12.3. The van der Waals surface area contributed by atoms with E-state index in [1.807, 2.05) is 45.0 Å². The molecule has 0 aromatic heterocycles. The summed E-state index contributed by atoms with van der Waals surface area (Å²) in [5, 5.41) is 9.04. The van der Waals surface area contributed by atoms with Crippen LogP contribution in [-0.4, -0.2) is 12.6 Å². The van der Waals surface area contributed by atoms with Gasteiger partial charge in [-0.1, -0.05) is 18.2 Å². The molecule has 0 spiro atoms. The summed E-state index contributed by atoms with van der Waals surface area (Å²) in [5.41, 5.74) is 3.64. The van der Waals surface area contributed by atoms with E-state index in [0.717, 1.165) is 11.1 Å². The summed E-state index contributed by atoms with van der Waals surface area (Å²) in [4.78, 5) is 12.3. The van der Waals surface area contributed by atoms with E-state index in [0.29, 0.717) is 28.1 Å². The first-order chi connectivity index (χ1) is 11.4. The highest BCUT2D eigenvalue weighted by Crippen LogP contribution is 2.37. The fourth-order valence-electron chi connectivity index (χ4n) is 2.22. The average Bonchev–Trinajstić information content (AvgIpc) is 2.54. The van der Waals surface area contributed by atoms with Crippen molar-refractivity contribution in [1.82, 2.24) is 0 Å². The maximum atomic E-state index is 12.3. The third-order valence-corrected chi connectivity index (χ3v) is 4.16. The molecule has 0 aliphatic carbocycles. The number of benzene rings is 2. The summed E-state index contributed by atoms with van der Waals surface area (Å²) in [5.74, 6) is 0.283. The van der Waals surface area contributed by atoms with Crippen molar-refractivity contribution in [2.75, 3.05) is 6.61 Å². The molecule has 0 bridgehead atoms. The van der Waals surface area contributed by atoms with E-state index in [1.54, 1.807) is 12.1 Å². The lowest BCUT2D eigenvalue weighted by atomic mass is 10.0. The van der Waals surface area contributed by atoms with Crippen molar-refractivity contribution in [3.63, 3.8) is 0 Å². The molecule has 0 saturated heterocycles. The van der Waals surface area contributed by atoms with Crippen molar-refractivity contribution >= 4 is 21.9 Å². The Bertz CT molecular complexity index is 809. The van der Waals surface area contributed by atoms with Gasteiger partial charge in [-0.15, -0.1) is 0 Å². The highest BCUT2D eigenvalue weighted by atomic mass is 79.9. The van der Waals surface area contributed by atoms with E-state index in [1.165, 1.54) is 5.56 Å². The zero-order chi connectivity index (χ0) is 17.7. The van der Waals surface area contributed by atoms with Crippen molar-refractivity contribution in [3.8, 4) is 17.6 Å². The molecule has 24 heavy (non-hydrogen) atoms. The predicted molar refractivity (Wildman–Crippen MR) is 95.3 cm³/mol. The van der Waals surface area contributed by atoms with Gasteiger partial charge in [0.15, 0.2) is 11.5 Å². The van der Waals surface area contributed by atoms with E-state index in [9.17, 15) is 4.79 Å². The minimum atomic E-state index is -0.385. The molecule has 124 valence electrons. The highest BCUT2D eigenvalue weighted by molar-refractivity contribution is 9.10. The third-order valence-electron chi connectivity index (χ3n) is 3.57. The van der Waals surface area contributed by atoms with Gasteiger partial charge in [-0.05, 0) is 59.5 Å². The number of aryl methyl sites for hydroxylation is 2. The molecule has 2 aromatic carbocycles. The number of carbonyl (C=O) groups excluding carboxylic acids is 1. The smallest absolute Gasteiger partial charge is 0.315 e. The van der Waals surface area contributed by atoms with E-state index >= 15 is 0 Å². The Kier molecular flexibility index (Phi) is 5.99. The summed E-state index contributed by atoms with van der Waals surface area (Å²) in [6, 6.07) is 11.1. The van der Waals surface area contributed by atoms with E-state index in [-0.39, 0.29) is 12.4 Å². The molecule has 0 fully saturated rings. The normalized spacial score (nSPS) is 10.1. The molecule has 0 heterocycles. The van der Waals surface area contributed by atoms with Crippen LogP contribution in [0.5, 0.6) is 11.5 Å². The van der Waals surface area contributed by atoms with Gasteiger partial charge >= 0.3 is 5.97 Å². The summed E-state index contributed by atoms with van der Waals surface area (Å²) in [7, 11) is 0. The first-order valence-corrected chi connectivity index (χ1v) is 8.37. The van der Waals surface area contributed by atoms with Gasteiger partial charge in [-0.2, -0.15) is 5.26 Å². The summed E-state index contributed by atoms with van der Waals surface area (Å²) in [6.45, 7) is 6.27. The van der Waals surface area contributed by atoms with Gasteiger partial charge in [0.1, 0.15) is 0 Å². The fraction of sp³-hybridized carbons (Fsp3) is 0.263. The number of halogens is 1. The van der Waals surface area contributed by atoms with E-state index < -0.39 is 0 Å². The number of rotatable bonds is 5. The number of hydrogen-bond acceptors (Lipinski definition) is 4. The minimum Gasteiger partial charge on any atom is -0.490 e. The Morgan fingerprint density at radius 1 is 1.21 bits per heavy atom. The molecule has 0 unspecified atom stereocenters. The molecule has 5 heteroatoms. The van der Waals surface area contributed by atoms with Crippen LogP contribution >= 0.6 is 15.9 Å². The molecule has 0 atom stereocenters. The molecule has 0 aliphatic heterocycles. The van der Waals surface area contributed by atoms with Crippen molar-refractivity contribution < 1.29 is 14.3 Å². The number of hydrogen-bond donors (Lipinski definition) is 0. The summed E-state index contributed by atoms with van der Waals surface area (Å²) >= 11 is 3.34. The highest BCUT2D eigenvalue weighted by Gasteiger charge is 2.16. The average molecular weight is 388 g/mol. The Balaban J connectivity index is 2.21. The van der Waals surface area contributed by atoms with Crippen LogP contribution in [-0.2, 0) is 11.2 Å². The number of carbonyl (C=O) groups is 1. The lowest BCUT2D eigenvalue weighted by Crippen LogP contribution is -2.13. The van der Waals surface area contributed by atoms with Gasteiger partial charge in [0, 0.05) is 6.07 Å². The maximum Gasteiger partial charge on any atom is 0.315 e. The van der Waals surface area contributed by atoms with Gasteiger partial charge in [0.2, 0.25) is 0 Å². The zero-order valence-corrected chi connectivity index (χ0v) is 15.4. The molecule has 0 N–H and O–H groups in total. The summed E-state index contributed by atoms with van der Waals surface area (Å²) < 4.78 is 11.5. The Morgan fingerprint density at radius 2 is 1.96 bits per heavy atom. The first kappa shape index (κ1) is 18.0. The molecular weight excluding hydrogens is 370 g/mol. The van der Waals surface area contributed by atoms with Crippen LogP contribution in [0.1, 0.15) is 29.2 Å². The standard InChI is InChI=1S/C19H18BrNO3/c1-4-23-17-9-15(11-21)8-16(20)19(17)24-18(22)10-14-6-5-12(2)13(3)7-14/h5-9H,4,10H2,1-3H3. The first-order valence-electron chi connectivity index (χ1n) is 7.57. The fourth-order valence-corrected chi connectivity index (χ4v) is 2.75. The molecule has 2 aromatic rings. The van der Waals surface area contributed by atoms with Crippen LogP contribution in [0, 0.1) is 25.2 Å². The molecule has 2 rings (SSSR count).